The Kier molecular flexibility index (Phi) is 3.01. The summed E-state index contributed by atoms with van der Waals surface area (Å²) in [5, 5.41) is 22.4. The van der Waals surface area contributed by atoms with E-state index in [-0.39, 0.29) is 28.8 Å². The van der Waals surface area contributed by atoms with E-state index in [0.29, 0.717) is 29.9 Å². The SMILES string of the molecule is C[C@H]1CC2=C(C1=O)[C@H](O)[C@@]1(C)CC[C@H]3[C@@H]([C@@H](O)[C@]1(C)C2=O)C3(C)C. The van der Waals surface area contributed by atoms with E-state index in [0.717, 1.165) is 6.42 Å². The molecule has 0 heterocycles. The normalized spacial score (nSPS) is 52.5. The van der Waals surface area contributed by atoms with E-state index < -0.39 is 23.0 Å². The fourth-order valence-corrected chi connectivity index (χ4v) is 6.26. The van der Waals surface area contributed by atoms with Crippen molar-refractivity contribution >= 4 is 11.6 Å². The van der Waals surface area contributed by atoms with Crippen molar-refractivity contribution in [3.63, 3.8) is 0 Å². The van der Waals surface area contributed by atoms with E-state index in [1.807, 2.05) is 20.8 Å². The minimum atomic E-state index is -1.03. The summed E-state index contributed by atoms with van der Waals surface area (Å²) in [6.07, 6.45) is 0.226. The Hall–Kier alpha value is -1.00. The lowest BCUT2D eigenvalue weighted by atomic mass is 9.50. The molecule has 4 nitrogen and oxygen atoms in total. The molecule has 4 rings (SSSR count). The van der Waals surface area contributed by atoms with Gasteiger partial charge in [0.15, 0.2) is 11.6 Å². The summed E-state index contributed by atoms with van der Waals surface area (Å²) >= 11 is 0. The lowest BCUT2D eigenvalue weighted by Crippen LogP contribution is -2.61. The van der Waals surface area contributed by atoms with E-state index >= 15 is 0 Å². The maximum atomic E-state index is 13.5. The molecule has 7 atom stereocenters. The smallest absolute Gasteiger partial charge is 0.168 e. The maximum absolute atomic E-state index is 13.5. The van der Waals surface area contributed by atoms with Gasteiger partial charge in [0, 0.05) is 22.5 Å². The van der Waals surface area contributed by atoms with Crippen molar-refractivity contribution in [3.05, 3.63) is 11.1 Å². The van der Waals surface area contributed by atoms with Gasteiger partial charge in [-0.3, -0.25) is 9.59 Å². The highest BCUT2D eigenvalue weighted by Gasteiger charge is 2.73. The van der Waals surface area contributed by atoms with Gasteiger partial charge in [0.25, 0.3) is 0 Å². The zero-order valence-electron chi connectivity index (χ0n) is 15.2. The van der Waals surface area contributed by atoms with Gasteiger partial charge in [0.05, 0.1) is 17.6 Å². The minimum Gasteiger partial charge on any atom is -0.392 e. The molecule has 4 heteroatoms. The number of aliphatic hydroxyl groups excluding tert-OH is 2. The molecule has 2 N–H and O–H groups in total. The second-order valence-corrected chi connectivity index (χ2v) is 9.65. The number of ketones is 2. The molecule has 0 bridgehead atoms. The van der Waals surface area contributed by atoms with Crippen LogP contribution in [0.3, 0.4) is 0 Å². The Morgan fingerprint density at radius 2 is 1.71 bits per heavy atom. The van der Waals surface area contributed by atoms with Crippen LogP contribution in [0.4, 0.5) is 0 Å². The Morgan fingerprint density at radius 3 is 2.33 bits per heavy atom. The number of hydrogen-bond acceptors (Lipinski definition) is 4. The van der Waals surface area contributed by atoms with Gasteiger partial charge in [-0.05, 0) is 43.4 Å². The summed E-state index contributed by atoms with van der Waals surface area (Å²) in [5.74, 6) is 0.0518. The predicted octanol–water partition coefficient (Wildman–Crippen LogP) is 2.28. The lowest BCUT2D eigenvalue weighted by molar-refractivity contribution is -0.161. The number of rotatable bonds is 0. The molecule has 132 valence electrons. The van der Waals surface area contributed by atoms with Crippen molar-refractivity contribution in [2.75, 3.05) is 0 Å². The molecule has 0 aromatic carbocycles. The number of allylic oxidation sites excluding steroid dienone is 1. The van der Waals surface area contributed by atoms with Gasteiger partial charge in [-0.2, -0.15) is 0 Å². The van der Waals surface area contributed by atoms with Gasteiger partial charge in [-0.25, -0.2) is 0 Å². The Balaban J connectivity index is 1.89. The fraction of sp³-hybridized carbons (Fsp3) is 0.800. The highest BCUT2D eigenvalue weighted by Crippen LogP contribution is 2.71. The van der Waals surface area contributed by atoms with Gasteiger partial charge < -0.3 is 10.2 Å². The van der Waals surface area contributed by atoms with Crippen molar-refractivity contribution < 1.29 is 19.8 Å². The summed E-state index contributed by atoms with van der Waals surface area (Å²) < 4.78 is 0. The first-order valence-electron chi connectivity index (χ1n) is 9.17. The van der Waals surface area contributed by atoms with Gasteiger partial charge in [-0.1, -0.05) is 27.7 Å². The zero-order chi connectivity index (χ0) is 17.8. The molecule has 0 unspecified atom stereocenters. The highest BCUT2D eigenvalue weighted by atomic mass is 16.3. The fourth-order valence-electron chi connectivity index (χ4n) is 6.26. The van der Waals surface area contributed by atoms with Gasteiger partial charge >= 0.3 is 0 Å². The van der Waals surface area contributed by atoms with Crippen molar-refractivity contribution in [1.29, 1.82) is 0 Å². The van der Waals surface area contributed by atoms with Crippen LogP contribution in [0, 0.1) is 34.0 Å². The van der Waals surface area contributed by atoms with Crippen LogP contribution < -0.4 is 0 Å². The first-order chi connectivity index (χ1) is 11.0. The quantitative estimate of drug-likeness (QED) is 0.714. The molecule has 2 saturated carbocycles. The Labute approximate surface area is 143 Å². The third kappa shape index (κ3) is 1.53. The average Bonchev–Trinajstić information content (AvgIpc) is 2.97. The first kappa shape index (κ1) is 16.5. The van der Waals surface area contributed by atoms with Crippen LogP contribution >= 0.6 is 0 Å². The van der Waals surface area contributed by atoms with Crippen molar-refractivity contribution in [3.8, 4) is 0 Å². The van der Waals surface area contributed by atoms with Crippen LogP contribution in [-0.2, 0) is 9.59 Å². The van der Waals surface area contributed by atoms with E-state index in [9.17, 15) is 19.8 Å². The van der Waals surface area contributed by atoms with Gasteiger partial charge in [-0.15, -0.1) is 0 Å². The number of hydrogen-bond donors (Lipinski definition) is 2. The molecule has 0 aromatic rings. The predicted molar refractivity (Wildman–Crippen MR) is 89.0 cm³/mol. The van der Waals surface area contributed by atoms with Crippen LogP contribution in [0.5, 0.6) is 0 Å². The number of carbonyl (C=O) groups excluding carboxylic acids is 2. The summed E-state index contributed by atoms with van der Waals surface area (Å²) in [6.45, 7) is 9.87. The van der Waals surface area contributed by atoms with E-state index in [4.69, 9.17) is 0 Å². The standard InChI is InChI=1S/C20H28O4/c1-9-8-10-12(14(9)21)16(23)19(4)7-6-11-13(18(11,2)3)17(24)20(19,5)15(10)22/h9,11,13,16-17,23-24H,6-8H2,1-5H3/t9-,11-,13-,16-,17+,19+,20-/m0/s1. The minimum absolute atomic E-state index is 0.0441. The van der Waals surface area contributed by atoms with E-state index in [1.165, 1.54) is 0 Å². The maximum Gasteiger partial charge on any atom is 0.168 e. The zero-order valence-corrected chi connectivity index (χ0v) is 15.2. The monoisotopic (exact) mass is 332 g/mol. The second-order valence-electron chi connectivity index (χ2n) is 9.65. The molecule has 24 heavy (non-hydrogen) atoms. The molecule has 4 aliphatic carbocycles. The van der Waals surface area contributed by atoms with Crippen molar-refractivity contribution in [2.45, 2.75) is 66.1 Å². The Bertz CT molecular complexity index is 690. The van der Waals surface area contributed by atoms with E-state index in [2.05, 4.69) is 13.8 Å². The number of Topliss-reactive ketones (excluding diaryl/α,β-unsaturated/α-hetero) is 2. The highest BCUT2D eigenvalue weighted by molar-refractivity contribution is 6.15. The van der Waals surface area contributed by atoms with Crippen LogP contribution in [0.1, 0.15) is 53.9 Å². The van der Waals surface area contributed by atoms with Crippen LogP contribution in [0.25, 0.3) is 0 Å². The summed E-state index contributed by atoms with van der Waals surface area (Å²) in [6, 6.07) is 0. The molecule has 0 saturated heterocycles. The summed E-state index contributed by atoms with van der Waals surface area (Å²) in [7, 11) is 0. The number of carbonyl (C=O) groups is 2. The topological polar surface area (TPSA) is 74.6 Å². The molecule has 0 radical (unpaired) electrons. The lowest BCUT2D eigenvalue weighted by Gasteiger charge is -2.53. The number of aliphatic hydroxyl groups is 2. The van der Waals surface area contributed by atoms with Gasteiger partial charge in [0.1, 0.15) is 0 Å². The molecular weight excluding hydrogens is 304 g/mol. The van der Waals surface area contributed by atoms with E-state index in [1.54, 1.807) is 0 Å². The molecule has 2 fully saturated rings. The molecule has 0 amide bonds. The molecule has 0 spiro atoms. The molecular formula is C20H28O4. The number of fused-ring (bicyclic) bond motifs is 2. The van der Waals surface area contributed by atoms with Crippen LogP contribution in [0.2, 0.25) is 0 Å². The Morgan fingerprint density at radius 1 is 1.08 bits per heavy atom. The first-order valence-corrected chi connectivity index (χ1v) is 9.17. The third-order valence-corrected chi connectivity index (χ3v) is 8.40. The van der Waals surface area contributed by atoms with Crippen molar-refractivity contribution in [2.24, 2.45) is 34.0 Å². The third-order valence-electron chi connectivity index (χ3n) is 8.40. The van der Waals surface area contributed by atoms with Crippen molar-refractivity contribution in [1.82, 2.24) is 0 Å². The van der Waals surface area contributed by atoms with Gasteiger partial charge in [0.2, 0.25) is 0 Å². The summed E-state index contributed by atoms with van der Waals surface area (Å²) in [5.41, 5.74) is -0.943. The second kappa shape index (κ2) is 4.39. The summed E-state index contributed by atoms with van der Waals surface area (Å²) in [4.78, 5) is 26.0. The largest absolute Gasteiger partial charge is 0.392 e. The molecule has 0 aromatic heterocycles. The molecule has 4 aliphatic rings. The molecule has 0 aliphatic heterocycles. The van der Waals surface area contributed by atoms with Crippen LogP contribution in [0.15, 0.2) is 11.1 Å². The van der Waals surface area contributed by atoms with Crippen LogP contribution in [-0.4, -0.2) is 34.0 Å². The average molecular weight is 332 g/mol.